The lowest BCUT2D eigenvalue weighted by molar-refractivity contribution is 0.0696. The third-order valence-electron chi connectivity index (χ3n) is 3.10. The number of carbonyl (C=O) groups is 1. The highest BCUT2D eigenvalue weighted by Gasteiger charge is 2.17. The lowest BCUT2D eigenvalue weighted by Gasteiger charge is -2.18. The van der Waals surface area contributed by atoms with Crippen molar-refractivity contribution < 1.29 is 9.90 Å². The number of rotatable bonds is 4. The third kappa shape index (κ3) is 2.93. The molecule has 2 heterocycles. The fourth-order valence-corrected chi connectivity index (χ4v) is 2.16. The number of aromatic nitrogens is 2. The van der Waals surface area contributed by atoms with E-state index >= 15 is 0 Å². The van der Waals surface area contributed by atoms with Crippen LogP contribution in [0.15, 0.2) is 30.6 Å². The molecule has 0 radical (unpaired) electrons. The van der Waals surface area contributed by atoms with Crippen molar-refractivity contribution in [3.05, 3.63) is 53.1 Å². The van der Waals surface area contributed by atoms with E-state index in [1.807, 2.05) is 26.0 Å². The van der Waals surface area contributed by atoms with Crippen molar-refractivity contribution in [3.63, 3.8) is 0 Å². The zero-order chi connectivity index (χ0) is 14.7. The van der Waals surface area contributed by atoms with Gasteiger partial charge < -0.3 is 10.4 Å². The smallest absolute Gasteiger partial charge is 0.339 e. The first-order chi connectivity index (χ1) is 9.49. The molecular weight excluding hydrogens is 254 g/mol. The van der Waals surface area contributed by atoms with Crippen LogP contribution in [-0.2, 0) is 0 Å². The average molecular weight is 271 g/mol. The lowest BCUT2D eigenvalue weighted by atomic mass is 10.1. The number of carboxylic acids is 1. The molecule has 2 rings (SSSR count). The van der Waals surface area contributed by atoms with E-state index in [1.165, 1.54) is 0 Å². The van der Waals surface area contributed by atoms with Crippen molar-refractivity contribution >= 4 is 11.7 Å². The number of anilines is 1. The highest BCUT2D eigenvalue weighted by molar-refractivity contribution is 5.95. The van der Waals surface area contributed by atoms with Crippen molar-refractivity contribution in [2.24, 2.45) is 0 Å². The number of nitrogens with zero attached hydrogens (tertiary/aromatic N) is 2. The van der Waals surface area contributed by atoms with E-state index in [1.54, 1.807) is 25.4 Å². The van der Waals surface area contributed by atoms with Gasteiger partial charge in [-0.05, 0) is 38.5 Å². The quantitative estimate of drug-likeness (QED) is 0.894. The molecule has 1 unspecified atom stereocenters. The number of carboxylic acid groups (broad SMARTS) is 1. The second-order valence-corrected chi connectivity index (χ2v) is 4.73. The number of aromatic carboxylic acids is 1. The summed E-state index contributed by atoms with van der Waals surface area (Å²) in [6, 6.07) is 5.52. The summed E-state index contributed by atoms with van der Waals surface area (Å²) < 4.78 is 0. The maximum absolute atomic E-state index is 11.4. The third-order valence-corrected chi connectivity index (χ3v) is 3.10. The predicted octanol–water partition coefficient (Wildman–Crippen LogP) is 2.96. The fraction of sp³-hybridized carbons (Fsp3) is 0.267. The van der Waals surface area contributed by atoms with Gasteiger partial charge in [0.05, 0.1) is 17.4 Å². The van der Waals surface area contributed by atoms with Crippen molar-refractivity contribution in [1.82, 2.24) is 9.97 Å². The molecule has 0 saturated heterocycles. The van der Waals surface area contributed by atoms with Gasteiger partial charge in [0.2, 0.25) is 0 Å². The van der Waals surface area contributed by atoms with Gasteiger partial charge in [0.25, 0.3) is 0 Å². The number of pyridine rings is 2. The Balaban J connectivity index is 2.36. The van der Waals surface area contributed by atoms with Gasteiger partial charge in [-0.1, -0.05) is 6.07 Å². The predicted molar refractivity (Wildman–Crippen MR) is 76.9 cm³/mol. The van der Waals surface area contributed by atoms with Gasteiger partial charge in [0, 0.05) is 18.1 Å². The van der Waals surface area contributed by atoms with E-state index in [4.69, 9.17) is 0 Å². The molecule has 0 spiro atoms. The Hall–Kier alpha value is -2.43. The molecule has 0 saturated carbocycles. The fourth-order valence-electron chi connectivity index (χ4n) is 2.16. The molecule has 104 valence electrons. The monoisotopic (exact) mass is 271 g/mol. The molecule has 5 nitrogen and oxygen atoms in total. The highest BCUT2D eigenvalue weighted by atomic mass is 16.4. The minimum atomic E-state index is -0.976. The summed E-state index contributed by atoms with van der Waals surface area (Å²) in [5.74, 6) is -0.976. The maximum Gasteiger partial charge on any atom is 0.339 e. The Morgan fingerprint density at radius 2 is 2.15 bits per heavy atom. The standard InChI is InChI=1S/C15H17N3O2/c1-9-7-13(14(15(19)20)11(3)17-9)18-10(2)12-5-4-6-16-8-12/h4-8,10H,1-3H3,(H,17,18)(H,19,20). The zero-order valence-electron chi connectivity index (χ0n) is 11.7. The summed E-state index contributed by atoms with van der Waals surface area (Å²) in [7, 11) is 0. The summed E-state index contributed by atoms with van der Waals surface area (Å²) in [4.78, 5) is 19.7. The van der Waals surface area contributed by atoms with E-state index in [-0.39, 0.29) is 11.6 Å². The minimum absolute atomic E-state index is 0.0389. The summed E-state index contributed by atoms with van der Waals surface area (Å²) in [6.07, 6.45) is 3.47. The van der Waals surface area contributed by atoms with Gasteiger partial charge in [0.15, 0.2) is 0 Å². The van der Waals surface area contributed by atoms with Crippen LogP contribution in [0, 0.1) is 13.8 Å². The first-order valence-corrected chi connectivity index (χ1v) is 6.37. The first-order valence-electron chi connectivity index (χ1n) is 6.37. The van der Waals surface area contributed by atoms with Gasteiger partial charge in [0.1, 0.15) is 5.56 Å². The second-order valence-electron chi connectivity index (χ2n) is 4.73. The van der Waals surface area contributed by atoms with Crippen molar-refractivity contribution in [1.29, 1.82) is 0 Å². The summed E-state index contributed by atoms with van der Waals surface area (Å²) in [5.41, 5.74) is 3.09. The van der Waals surface area contributed by atoms with Crippen molar-refractivity contribution in [3.8, 4) is 0 Å². The highest BCUT2D eigenvalue weighted by Crippen LogP contribution is 2.24. The number of nitrogens with one attached hydrogen (secondary N) is 1. The van der Waals surface area contributed by atoms with E-state index in [2.05, 4.69) is 15.3 Å². The van der Waals surface area contributed by atoms with Crippen LogP contribution >= 0.6 is 0 Å². The molecular formula is C15H17N3O2. The van der Waals surface area contributed by atoms with Crippen LogP contribution in [0.1, 0.15) is 40.3 Å². The molecule has 0 aliphatic rings. The van der Waals surface area contributed by atoms with E-state index in [0.29, 0.717) is 11.4 Å². The number of hydrogen-bond acceptors (Lipinski definition) is 4. The second kappa shape index (κ2) is 5.69. The molecule has 2 aromatic heterocycles. The zero-order valence-corrected chi connectivity index (χ0v) is 11.7. The van der Waals surface area contributed by atoms with Gasteiger partial charge in [-0.3, -0.25) is 9.97 Å². The van der Waals surface area contributed by atoms with Crippen LogP contribution in [-0.4, -0.2) is 21.0 Å². The van der Waals surface area contributed by atoms with Gasteiger partial charge in [-0.25, -0.2) is 4.79 Å². The molecule has 0 fully saturated rings. The molecule has 0 amide bonds. The number of aryl methyl sites for hydroxylation is 2. The van der Waals surface area contributed by atoms with Crippen LogP contribution in [0.25, 0.3) is 0 Å². The first kappa shape index (κ1) is 14.0. The van der Waals surface area contributed by atoms with E-state index < -0.39 is 5.97 Å². The SMILES string of the molecule is Cc1cc(NC(C)c2cccnc2)c(C(=O)O)c(C)n1. The normalized spacial score (nSPS) is 11.9. The van der Waals surface area contributed by atoms with E-state index in [9.17, 15) is 9.90 Å². The minimum Gasteiger partial charge on any atom is -0.478 e. The molecule has 0 aliphatic heterocycles. The van der Waals surface area contributed by atoms with Gasteiger partial charge in [-0.15, -0.1) is 0 Å². The Kier molecular flexibility index (Phi) is 3.98. The van der Waals surface area contributed by atoms with Crippen LogP contribution in [0.3, 0.4) is 0 Å². The van der Waals surface area contributed by atoms with Crippen molar-refractivity contribution in [2.45, 2.75) is 26.8 Å². The average Bonchev–Trinajstić information content (AvgIpc) is 2.38. The van der Waals surface area contributed by atoms with Crippen molar-refractivity contribution in [2.75, 3.05) is 5.32 Å². The number of hydrogen-bond donors (Lipinski definition) is 2. The molecule has 2 N–H and O–H groups in total. The maximum atomic E-state index is 11.4. The molecule has 1 atom stereocenters. The van der Waals surface area contributed by atoms with Crippen LogP contribution < -0.4 is 5.32 Å². The Morgan fingerprint density at radius 3 is 2.75 bits per heavy atom. The van der Waals surface area contributed by atoms with Crippen LogP contribution in [0.5, 0.6) is 0 Å². The topological polar surface area (TPSA) is 75.1 Å². The van der Waals surface area contributed by atoms with Crippen LogP contribution in [0.2, 0.25) is 0 Å². The molecule has 0 bridgehead atoms. The van der Waals surface area contributed by atoms with Crippen LogP contribution in [0.4, 0.5) is 5.69 Å². The van der Waals surface area contributed by atoms with Gasteiger partial charge in [-0.2, -0.15) is 0 Å². The molecule has 0 aliphatic carbocycles. The largest absolute Gasteiger partial charge is 0.478 e. The van der Waals surface area contributed by atoms with E-state index in [0.717, 1.165) is 11.3 Å². The molecule has 0 aromatic carbocycles. The van der Waals surface area contributed by atoms with Gasteiger partial charge >= 0.3 is 5.97 Å². The summed E-state index contributed by atoms with van der Waals surface area (Å²) in [5, 5.41) is 12.6. The summed E-state index contributed by atoms with van der Waals surface area (Å²) in [6.45, 7) is 5.52. The summed E-state index contributed by atoms with van der Waals surface area (Å²) >= 11 is 0. The molecule has 5 heteroatoms. The molecule has 20 heavy (non-hydrogen) atoms. The Bertz CT molecular complexity index is 627. The Labute approximate surface area is 117 Å². The molecule has 2 aromatic rings. The lowest BCUT2D eigenvalue weighted by Crippen LogP contribution is -2.13. The Morgan fingerprint density at radius 1 is 1.40 bits per heavy atom.